The van der Waals surface area contributed by atoms with Gasteiger partial charge in [0.05, 0.1) is 19.7 Å². The number of nitrogens with zero attached hydrogens (tertiary/aromatic N) is 2. The molecule has 0 amide bonds. The molecule has 0 saturated carbocycles. The van der Waals surface area contributed by atoms with Gasteiger partial charge in [-0.05, 0) is 12.1 Å². The molecule has 2 aromatic rings. The molecule has 0 aliphatic carbocycles. The number of nitriles is 1. The number of carbonyl (C=O) groups excluding carboxylic acids is 1. The van der Waals surface area contributed by atoms with E-state index in [9.17, 15) is 4.79 Å². The standard InChI is InChI=1S/C12H10N2O4/c1-16-9-4-3-8-5-11(18-12(15)17-2)14(7-13)10(8)6-9/h3-6H,1-2H3. The Morgan fingerprint density at radius 1 is 1.33 bits per heavy atom. The molecule has 0 saturated heterocycles. The molecule has 0 N–H and O–H groups in total. The van der Waals surface area contributed by atoms with Gasteiger partial charge in [0.1, 0.15) is 5.75 Å². The van der Waals surface area contributed by atoms with E-state index >= 15 is 0 Å². The van der Waals surface area contributed by atoms with Crippen LogP contribution in [0.15, 0.2) is 24.3 Å². The van der Waals surface area contributed by atoms with Crippen LogP contribution in [-0.4, -0.2) is 24.9 Å². The van der Waals surface area contributed by atoms with Crippen molar-refractivity contribution in [2.75, 3.05) is 14.2 Å². The normalized spacial score (nSPS) is 9.83. The number of benzene rings is 1. The monoisotopic (exact) mass is 246 g/mol. The number of hydrogen-bond acceptors (Lipinski definition) is 5. The summed E-state index contributed by atoms with van der Waals surface area (Å²) in [6, 6.07) is 6.79. The molecule has 1 aromatic carbocycles. The van der Waals surface area contributed by atoms with Crippen molar-refractivity contribution in [2.24, 2.45) is 0 Å². The van der Waals surface area contributed by atoms with Crippen LogP contribution in [0.25, 0.3) is 10.9 Å². The van der Waals surface area contributed by atoms with Crippen molar-refractivity contribution in [3.8, 4) is 17.8 Å². The van der Waals surface area contributed by atoms with Gasteiger partial charge in [0.25, 0.3) is 0 Å². The fraction of sp³-hybridized carbons (Fsp3) is 0.167. The van der Waals surface area contributed by atoms with Crippen LogP contribution in [0.5, 0.6) is 11.6 Å². The van der Waals surface area contributed by atoms with Crippen molar-refractivity contribution in [2.45, 2.75) is 0 Å². The minimum atomic E-state index is -0.874. The Morgan fingerprint density at radius 3 is 2.72 bits per heavy atom. The molecule has 0 fully saturated rings. The van der Waals surface area contributed by atoms with Crippen LogP contribution in [0, 0.1) is 11.5 Å². The van der Waals surface area contributed by atoms with Crippen LogP contribution in [0.4, 0.5) is 4.79 Å². The highest BCUT2D eigenvalue weighted by Gasteiger charge is 2.14. The van der Waals surface area contributed by atoms with Crippen LogP contribution in [0.3, 0.4) is 0 Å². The van der Waals surface area contributed by atoms with E-state index in [0.717, 1.165) is 5.39 Å². The molecule has 1 aromatic heterocycles. The Kier molecular flexibility index (Phi) is 3.06. The lowest BCUT2D eigenvalue weighted by Gasteiger charge is -2.02. The van der Waals surface area contributed by atoms with Gasteiger partial charge in [-0.2, -0.15) is 5.26 Å². The van der Waals surface area contributed by atoms with E-state index in [1.54, 1.807) is 24.3 Å². The number of rotatable bonds is 2. The molecule has 6 nitrogen and oxygen atoms in total. The minimum Gasteiger partial charge on any atom is -0.497 e. The molecule has 0 atom stereocenters. The van der Waals surface area contributed by atoms with Gasteiger partial charge in [-0.1, -0.05) is 0 Å². The van der Waals surface area contributed by atoms with Crippen LogP contribution >= 0.6 is 0 Å². The van der Waals surface area contributed by atoms with Gasteiger partial charge in [-0.15, -0.1) is 0 Å². The summed E-state index contributed by atoms with van der Waals surface area (Å²) in [5.74, 6) is 0.717. The first-order valence-corrected chi connectivity index (χ1v) is 5.05. The maximum atomic E-state index is 11.1. The zero-order valence-electron chi connectivity index (χ0n) is 9.84. The summed E-state index contributed by atoms with van der Waals surface area (Å²) in [6.45, 7) is 0. The SMILES string of the molecule is COC(=O)Oc1cc2ccc(OC)cc2n1C#N. The molecule has 6 heteroatoms. The second-order valence-electron chi connectivity index (χ2n) is 3.40. The first-order chi connectivity index (χ1) is 8.69. The lowest BCUT2D eigenvalue weighted by molar-refractivity contribution is 0.119. The molecule has 0 spiro atoms. The highest BCUT2D eigenvalue weighted by molar-refractivity contribution is 5.85. The number of ether oxygens (including phenoxy) is 3. The summed E-state index contributed by atoms with van der Waals surface area (Å²) in [4.78, 5) is 11.1. The van der Waals surface area contributed by atoms with Gasteiger partial charge in [0.15, 0.2) is 6.19 Å². The van der Waals surface area contributed by atoms with Crippen LogP contribution < -0.4 is 9.47 Å². The molecular weight excluding hydrogens is 236 g/mol. The van der Waals surface area contributed by atoms with Crippen LogP contribution in [-0.2, 0) is 4.74 Å². The van der Waals surface area contributed by atoms with E-state index in [0.29, 0.717) is 11.3 Å². The molecule has 2 rings (SSSR count). The van der Waals surface area contributed by atoms with Crippen LogP contribution in [0.2, 0.25) is 0 Å². The van der Waals surface area contributed by atoms with E-state index in [4.69, 9.17) is 14.7 Å². The average molecular weight is 246 g/mol. The van der Waals surface area contributed by atoms with Crippen molar-refractivity contribution < 1.29 is 19.0 Å². The second-order valence-corrected chi connectivity index (χ2v) is 3.40. The predicted octanol–water partition coefficient (Wildman–Crippen LogP) is 2.12. The average Bonchev–Trinajstić information content (AvgIpc) is 2.74. The summed E-state index contributed by atoms with van der Waals surface area (Å²) in [7, 11) is 2.73. The summed E-state index contributed by atoms with van der Waals surface area (Å²) >= 11 is 0. The van der Waals surface area contributed by atoms with E-state index in [1.165, 1.54) is 18.8 Å². The van der Waals surface area contributed by atoms with Crippen molar-refractivity contribution in [3.05, 3.63) is 24.3 Å². The summed E-state index contributed by atoms with van der Waals surface area (Å²) in [5.41, 5.74) is 0.593. The second kappa shape index (κ2) is 4.67. The van der Waals surface area contributed by atoms with Crippen molar-refractivity contribution in [3.63, 3.8) is 0 Å². The van der Waals surface area contributed by atoms with E-state index in [2.05, 4.69) is 4.74 Å². The number of hydrogen-bond donors (Lipinski definition) is 0. The lowest BCUT2D eigenvalue weighted by Crippen LogP contribution is -2.09. The van der Waals surface area contributed by atoms with Gasteiger partial charge in [0.2, 0.25) is 5.88 Å². The Bertz CT molecular complexity index is 639. The fourth-order valence-corrected chi connectivity index (χ4v) is 1.59. The first kappa shape index (κ1) is 11.8. The molecule has 0 aliphatic rings. The first-order valence-electron chi connectivity index (χ1n) is 5.05. The van der Waals surface area contributed by atoms with E-state index in [-0.39, 0.29) is 5.88 Å². The van der Waals surface area contributed by atoms with Gasteiger partial charge in [0, 0.05) is 17.5 Å². The topological polar surface area (TPSA) is 73.5 Å². The Labute approximate surface area is 103 Å². The quantitative estimate of drug-likeness (QED) is 0.759. The number of fused-ring (bicyclic) bond motifs is 1. The summed E-state index contributed by atoms with van der Waals surface area (Å²) in [6.07, 6.45) is 1.05. The van der Waals surface area contributed by atoms with E-state index < -0.39 is 6.16 Å². The van der Waals surface area contributed by atoms with E-state index in [1.807, 2.05) is 6.19 Å². The van der Waals surface area contributed by atoms with Crippen molar-refractivity contribution >= 4 is 17.1 Å². The smallest absolute Gasteiger partial charge is 0.497 e. The number of methoxy groups -OCH3 is 2. The zero-order chi connectivity index (χ0) is 13.1. The molecule has 1 heterocycles. The lowest BCUT2D eigenvalue weighted by atomic mass is 10.2. The third kappa shape index (κ3) is 1.94. The summed E-state index contributed by atoms with van der Waals surface area (Å²) in [5, 5.41) is 9.85. The minimum absolute atomic E-state index is 0.104. The number of carbonyl (C=O) groups is 1. The zero-order valence-corrected chi connectivity index (χ0v) is 9.84. The Hall–Kier alpha value is -2.68. The molecule has 0 bridgehead atoms. The molecule has 0 radical (unpaired) electrons. The van der Waals surface area contributed by atoms with Gasteiger partial charge < -0.3 is 14.2 Å². The van der Waals surface area contributed by atoms with Gasteiger partial charge in [-0.3, -0.25) is 0 Å². The molecule has 0 unspecified atom stereocenters. The number of aromatic nitrogens is 1. The van der Waals surface area contributed by atoms with Gasteiger partial charge >= 0.3 is 6.16 Å². The highest BCUT2D eigenvalue weighted by Crippen LogP contribution is 2.28. The Balaban J connectivity index is 2.55. The molecular formula is C12H10N2O4. The van der Waals surface area contributed by atoms with Crippen molar-refractivity contribution in [1.29, 1.82) is 5.26 Å². The third-order valence-electron chi connectivity index (χ3n) is 2.43. The highest BCUT2D eigenvalue weighted by atomic mass is 16.7. The maximum Gasteiger partial charge on any atom is 0.514 e. The third-order valence-corrected chi connectivity index (χ3v) is 2.43. The molecule has 0 aliphatic heterocycles. The maximum absolute atomic E-state index is 11.1. The Morgan fingerprint density at radius 2 is 2.11 bits per heavy atom. The van der Waals surface area contributed by atoms with Gasteiger partial charge in [-0.25, -0.2) is 9.36 Å². The summed E-state index contributed by atoms with van der Waals surface area (Å²) < 4.78 is 15.5. The largest absolute Gasteiger partial charge is 0.514 e. The molecule has 92 valence electrons. The van der Waals surface area contributed by atoms with Crippen LogP contribution in [0.1, 0.15) is 0 Å². The fourth-order valence-electron chi connectivity index (χ4n) is 1.59. The van der Waals surface area contributed by atoms with Crippen molar-refractivity contribution in [1.82, 2.24) is 4.57 Å². The molecule has 18 heavy (non-hydrogen) atoms. The predicted molar refractivity (Wildman–Crippen MR) is 62.5 cm³/mol.